The Hall–Kier alpha value is -0.310. The maximum Gasteiger partial charge on any atom is 0.0312 e. The molecule has 0 fully saturated rings. The Kier molecular flexibility index (Phi) is 10.7. The lowest BCUT2D eigenvalue weighted by Crippen LogP contribution is -2.18. The molecule has 1 aromatic rings. The molecule has 0 saturated heterocycles. The van der Waals surface area contributed by atoms with Gasteiger partial charge < -0.3 is 5.32 Å². The lowest BCUT2D eigenvalue weighted by atomic mass is 10.2. The van der Waals surface area contributed by atoms with E-state index in [4.69, 9.17) is 0 Å². The minimum atomic E-state index is 0. The van der Waals surface area contributed by atoms with Crippen LogP contribution in [-0.2, 0) is 6.54 Å². The van der Waals surface area contributed by atoms with E-state index in [0.29, 0.717) is 5.92 Å². The second-order valence-corrected chi connectivity index (χ2v) is 3.39. The van der Waals surface area contributed by atoms with Crippen LogP contribution in [0.1, 0.15) is 19.4 Å². The zero-order valence-corrected chi connectivity index (χ0v) is 10.2. The van der Waals surface area contributed by atoms with E-state index in [0.717, 1.165) is 13.1 Å². The first-order valence-corrected chi connectivity index (χ1v) is 4.38. The zero-order valence-electron chi connectivity index (χ0n) is 8.56. The third-order valence-electron chi connectivity index (χ3n) is 1.60. The van der Waals surface area contributed by atoms with E-state index in [1.165, 1.54) is 5.56 Å². The van der Waals surface area contributed by atoms with Crippen molar-refractivity contribution >= 4 is 24.8 Å². The average molecular weight is 237 g/mol. The van der Waals surface area contributed by atoms with Crippen molar-refractivity contribution < 1.29 is 0 Å². The fraction of sp³-hybridized carbons (Fsp3) is 0.500. The lowest BCUT2D eigenvalue weighted by molar-refractivity contribution is 0.552. The maximum absolute atomic E-state index is 4.04. The third kappa shape index (κ3) is 7.13. The molecule has 2 nitrogen and oxygen atoms in total. The van der Waals surface area contributed by atoms with E-state index in [1.807, 2.05) is 12.3 Å². The number of pyridine rings is 1. The lowest BCUT2D eigenvalue weighted by Gasteiger charge is -2.06. The van der Waals surface area contributed by atoms with E-state index in [2.05, 4.69) is 30.2 Å². The van der Waals surface area contributed by atoms with Crippen LogP contribution in [0.5, 0.6) is 0 Å². The molecule has 1 heterocycles. The first kappa shape index (κ1) is 16.1. The first-order chi connectivity index (χ1) is 5.79. The highest BCUT2D eigenvalue weighted by Gasteiger charge is 1.93. The normalized spacial score (nSPS) is 9.07. The molecule has 0 aromatic carbocycles. The molecule has 4 heteroatoms. The summed E-state index contributed by atoms with van der Waals surface area (Å²) in [6, 6.07) is 4.05. The Labute approximate surface area is 98.3 Å². The quantitative estimate of drug-likeness (QED) is 0.870. The largest absolute Gasteiger partial charge is 0.312 e. The molecule has 0 atom stereocenters. The molecule has 0 radical (unpaired) electrons. The van der Waals surface area contributed by atoms with E-state index in [1.54, 1.807) is 6.20 Å². The number of nitrogens with one attached hydrogen (secondary N) is 1. The number of hydrogen-bond donors (Lipinski definition) is 1. The van der Waals surface area contributed by atoms with Gasteiger partial charge in [0.1, 0.15) is 0 Å². The predicted octanol–water partition coefficient (Wildman–Crippen LogP) is 2.67. The molecule has 14 heavy (non-hydrogen) atoms. The van der Waals surface area contributed by atoms with Gasteiger partial charge in [0.15, 0.2) is 0 Å². The molecule has 0 unspecified atom stereocenters. The van der Waals surface area contributed by atoms with Crippen LogP contribution < -0.4 is 5.32 Å². The number of nitrogens with zero attached hydrogens (tertiary/aromatic N) is 1. The predicted molar refractivity (Wildman–Crippen MR) is 65.3 cm³/mol. The zero-order chi connectivity index (χ0) is 8.81. The van der Waals surface area contributed by atoms with Crippen LogP contribution >= 0.6 is 24.8 Å². The van der Waals surface area contributed by atoms with Gasteiger partial charge in [0.25, 0.3) is 0 Å². The molecule has 1 rings (SSSR count). The summed E-state index contributed by atoms with van der Waals surface area (Å²) in [6.07, 6.45) is 3.69. The van der Waals surface area contributed by atoms with Crippen LogP contribution in [0.4, 0.5) is 0 Å². The first-order valence-electron chi connectivity index (χ1n) is 4.38. The minimum Gasteiger partial charge on any atom is -0.312 e. The van der Waals surface area contributed by atoms with Gasteiger partial charge >= 0.3 is 0 Å². The number of aromatic nitrogens is 1. The van der Waals surface area contributed by atoms with Crippen LogP contribution in [0.2, 0.25) is 0 Å². The Morgan fingerprint density at radius 3 is 2.57 bits per heavy atom. The van der Waals surface area contributed by atoms with Gasteiger partial charge in [0.05, 0.1) is 0 Å². The van der Waals surface area contributed by atoms with E-state index < -0.39 is 0 Å². The van der Waals surface area contributed by atoms with Crippen molar-refractivity contribution in [1.82, 2.24) is 10.3 Å². The molecule has 0 aliphatic rings. The topological polar surface area (TPSA) is 24.9 Å². The highest BCUT2D eigenvalue weighted by Crippen LogP contribution is 1.95. The van der Waals surface area contributed by atoms with Crippen molar-refractivity contribution in [3.63, 3.8) is 0 Å². The Balaban J connectivity index is 0. The van der Waals surface area contributed by atoms with Crippen LogP contribution in [-0.4, -0.2) is 11.5 Å². The van der Waals surface area contributed by atoms with E-state index >= 15 is 0 Å². The SMILES string of the molecule is CC(C)CNCc1cccnc1.Cl.Cl. The smallest absolute Gasteiger partial charge is 0.0312 e. The summed E-state index contributed by atoms with van der Waals surface area (Å²) in [7, 11) is 0. The second-order valence-electron chi connectivity index (χ2n) is 3.39. The molecule has 0 aliphatic carbocycles. The summed E-state index contributed by atoms with van der Waals surface area (Å²) < 4.78 is 0. The fourth-order valence-electron chi connectivity index (χ4n) is 1.01. The van der Waals surface area contributed by atoms with Crippen molar-refractivity contribution in [2.45, 2.75) is 20.4 Å². The summed E-state index contributed by atoms with van der Waals surface area (Å²) in [5.41, 5.74) is 1.25. The average Bonchev–Trinajstić information content (AvgIpc) is 2.05. The number of hydrogen-bond acceptors (Lipinski definition) is 2. The van der Waals surface area contributed by atoms with Gasteiger partial charge in [-0.05, 0) is 24.1 Å². The minimum absolute atomic E-state index is 0. The van der Waals surface area contributed by atoms with Crippen molar-refractivity contribution in [1.29, 1.82) is 0 Å². The van der Waals surface area contributed by atoms with Gasteiger partial charge in [-0.1, -0.05) is 19.9 Å². The van der Waals surface area contributed by atoms with Crippen LogP contribution in [0.25, 0.3) is 0 Å². The van der Waals surface area contributed by atoms with Gasteiger partial charge in [-0.3, -0.25) is 4.98 Å². The Bertz CT molecular complexity index is 215. The molecule has 0 bridgehead atoms. The van der Waals surface area contributed by atoms with Crippen molar-refractivity contribution in [3.05, 3.63) is 30.1 Å². The molecule has 0 saturated carbocycles. The molecular weight excluding hydrogens is 219 g/mol. The van der Waals surface area contributed by atoms with Gasteiger partial charge in [-0.15, -0.1) is 24.8 Å². The van der Waals surface area contributed by atoms with Crippen LogP contribution in [0.3, 0.4) is 0 Å². The van der Waals surface area contributed by atoms with Gasteiger partial charge in [-0.2, -0.15) is 0 Å². The van der Waals surface area contributed by atoms with Crippen molar-refractivity contribution in [3.8, 4) is 0 Å². The van der Waals surface area contributed by atoms with Crippen molar-refractivity contribution in [2.24, 2.45) is 5.92 Å². The Morgan fingerprint density at radius 2 is 2.07 bits per heavy atom. The second kappa shape index (κ2) is 9.25. The summed E-state index contributed by atoms with van der Waals surface area (Å²) in [5, 5.41) is 3.36. The van der Waals surface area contributed by atoms with E-state index in [9.17, 15) is 0 Å². The fourth-order valence-corrected chi connectivity index (χ4v) is 1.01. The van der Waals surface area contributed by atoms with Gasteiger partial charge in [0.2, 0.25) is 0 Å². The molecular formula is C10H18Cl2N2. The standard InChI is InChI=1S/C10H16N2.2ClH/c1-9(2)6-12-8-10-4-3-5-11-7-10;;/h3-5,7,9,12H,6,8H2,1-2H3;2*1H. The molecule has 0 aliphatic heterocycles. The molecule has 1 aromatic heterocycles. The molecule has 82 valence electrons. The highest BCUT2D eigenvalue weighted by atomic mass is 35.5. The molecule has 1 N–H and O–H groups in total. The summed E-state index contributed by atoms with van der Waals surface area (Å²) in [5.74, 6) is 0.710. The van der Waals surface area contributed by atoms with Gasteiger partial charge in [-0.25, -0.2) is 0 Å². The van der Waals surface area contributed by atoms with E-state index in [-0.39, 0.29) is 24.8 Å². The van der Waals surface area contributed by atoms with Crippen LogP contribution in [0.15, 0.2) is 24.5 Å². The number of halogens is 2. The molecule has 0 spiro atoms. The highest BCUT2D eigenvalue weighted by molar-refractivity contribution is 5.85. The monoisotopic (exact) mass is 236 g/mol. The third-order valence-corrected chi connectivity index (χ3v) is 1.60. The summed E-state index contributed by atoms with van der Waals surface area (Å²) in [4.78, 5) is 4.04. The Morgan fingerprint density at radius 1 is 1.36 bits per heavy atom. The summed E-state index contributed by atoms with van der Waals surface area (Å²) in [6.45, 7) is 6.40. The van der Waals surface area contributed by atoms with Crippen LogP contribution in [0, 0.1) is 5.92 Å². The van der Waals surface area contributed by atoms with Crippen molar-refractivity contribution in [2.75, 3.05) is 6.54 Å². The maximum atomic E-state index is 4.04. The number of rotatable bonds is 4. The summed E-state index contributed by atoms with van der Waals surface area (Å²) >= 11 is 0. The molecule has 0 amide bonds. The van der Waals surface area contributed by atoms with Gasteiger partial charge in [0, 0.05) is 18.9 Å².